The van der Waals surface area contributed by atoms with Crippen LogP contribution in [0.1, 0.15) is 11.1 Å². The fraction of sp³-hybridized carbons (Fsp3) is 0.278. The number of anilines is 3. The lowest BCUT2D eigenvalue weighted by Gasteiger charge is -2.13. The fourth-order valence-corrected chi connectivity index (χ4v) is 2.63. The van der Waals surface area contributed by atoms with Crippen molar-refractivity contribution in [3.05, 3.63) is 53.5 Å². The smallest absolute Gasteiger partial charge is 0.257 e. The standard InChI is InChI=1S/C18H18F4N6O/c1-10-5-24-18(26-13-7-25-28(8-13)9-15(21)22)27-17(10)23-6-11-3-12(19)4-14(20)16(11)29-2/h3-5,7-8,15H,6,9H2,1-2H3,(H2,23,24,26,27). The maximum absolute atomic E-state index is 13.8. The van der Waals surface area contributed by atoms with Gasteiger partial charge in [0.25, 0.3) is 6.43 Å². The van der Waals surface area contributed by atoms with Crippen molar-refractivity contribution < 1.29 is 22.3 Å². The Labute approximate surface area is 163 Å². The first-order valence-corrected chi connectivity index (χ1v) is 8.52. The Balaban J connectivity index is 1.74. The molecule has 0 aliphatic carbocycles. The predicted molar refractivity (Wildman–Crippen MR) is 98.5 cm³/mol. The molecule has 7 nitrogen and oxygen atoms in total. The van der Waals surface area contributed by atoms with Crippen molar-refractivity contribution in [2.24, 2.45) is 0 Å². The molecule has 0 radical (unpaired) electrons. The van der Waals surface area contributed by atoms with Crippen LogP contribution in [0, 0.1) is 18.6 Å². The highest BCUT2D eigenvalue weighted by atomic mass is 19.3. The van der Waals surface area contributed by atoms with Crippen LogP contribution in [-0.4, -0.2) is 33.3 Å². The van der Waals surface area contributed by atoms with E-state index < -0.39 is 24.6 Å². The minimum Gasteiger partial charge on any atom is -0.493 e. The molecule has 154 valence electrons. The van der Waals surface area contributed by atoms with Crippen LogP contribution < -0.4 is 15.4 Å². The molecular formula is C18H18F4N6O. The van der Waals surface area contributed by atoms with E-state index in [2.05, 4.69) is 25.7 Å². The molecule has 0 fully saturated rings. The van der Waals surface area contributed by atoms with Gasteiger partial charge >= 0.3 is 0 Å². The summed E-state index contributed by atoms with van der Waals surface area (Å²) in [5.74, 6) is -0.953. The lowest BCUT2D eigenvalue weighted by atomic mass is 10.2. The van der Waals surface area contributed by atoms with Crippen molar-refractivity contribution in [3.8, 4) is 5.75 Å². The summed E-state index contributed by atoms with van der Waals surface area (Å²) in [5.41, 5.74) is 1.42. The molecule has 2 heterocycles. The molecule has 0 amide bonds. The summed E-state index contributed by atoms with van der Waals surface area (Å²) in [6.45, 7) is 1.30. The molecule has 0 unspecified atom stereocenters. The van der Waals surface area contributed by atoms with Crippen molar-refractivity contribution in [2.45, 2.75) is 26.4 Å². The van der Waals surface area contributed by atoms with Crippen LogP contribution in [0.15, 0.2) is 30.7 Å². The molecule has 1 aromatic carbocycles. The summed E-state index contributed by atoms with van der Waals surface area (Å²) in [7, 11) is 1.30. The maximum Gasteiger partial charge on any atom is 0.257 e. The van der Waals surface area contributed by atoms with Crippen molar-refractivity contribution in [1.29, 1.82) is 0 Å². The van der Waals surface area contributed by atoms with Gasteiger partial charge in [-0.2, -0.15) is 10.1 Å². The van der Waals surface area contributed by atoms with E-state index in [-0.39, 0.29) is 23.8 Å². The van der Waals surface area contributed by atoms with E-state index >= 15 is 0 Å². The van der Waals surface area contributed by atoms with Crippen LogP contribution in [0.2, 0.25) is 0 Å². The molecule has 2 aromatic heterocycles. The first-order valence-electron chi connectivity index (χ1n) is 8.52. The predicted octanol–water partition coefficient (Wildman–Crippen LogP) is 3.89. The zero-order valence-corrected chi connectivity index (χ0v) is 15.6. The molecule has 0 atom stereocenters. The topological polar surface area (TPSA) is 76.9 Å². The van der Waals surface area contributed by atoms with Gasteiger partial charge in [0.2, 0.25) is 5.95 Å². The number of aromatic nitrogens is 4. The average molecular weight is 410 g/mol. The third-order valence-corrected chi connectivity index (χ3v) is 3.92. The first-order chi connectivity index (χ1) is 13.9. The highest BCUT2D eigenvalue weighted by Crippen LogP contribution is 2.25. The Hall–Kier alpha value is -3.37. The van der Waals surface area contributed by atoms with Gasteiger partial charge in [-0.3, -0.25) is 4.68 Å². The van der Waals surface area contributed by atoms with Crippen LogP contribution >= 0.6 is 0 Å². The number of hydrogen-bond donors (Lipinski definition) is 2. The van der Waals surface area contributed by atoms with Crippen molar-refractivity contribution in [3.63, 3.8) is 0 Å². The van der Waals surface area contributed by atoms with E-state index in [1.54, 1.807) is 13.1 Å². The number of benzene rings is 1. The molecule has 3 rings (SSSR count). The lowest BCUT2D eigenvalue weighted by Crippen LogP contribution is -2.08. The first kappa shape index (κ1) is 20.4. The highest BCUT2D eigenvalue weighted by Gasteiger charge is 2.13. The van der Waals surface area contributed by atoms with Crippen molar-refractivity contribution >= 4 is 17.5 Å². The summed E-state index contributed by atoms with van der Waals surface area (Å²) in [6, 6.07) is 1.91. The number of nitrogens with zero attached hydrogens (tertiary/aromatic N) is 4. The third-order valence-electron chi connectivity index (χ3n) is 3.92. The average Bonchev–Trinajstić information content (AvgIpc) is 3.07. The molecule has 11 heteroatoms. The maximum atomic E-state index is 13.8. The summed E-state index contributed by atoms with van der Waals surface area (Å²) in [6.07, 6.45) is 1.81. The molecule has 0 spiro atoms. The highest BCUT2D eigenvalue weighted by molar-refractivity contribution is 5.54. The number of methoxy groups -OCH3 is 1. The number of hydrogen-bond acceptors (Lipinski definition) is 6. The normalized spacial score (nSPS) is 11.0. The molecule has 29 heavy (non-hydrogen) atoms. The Morgan fingerprint density at radius 2 is 2.00 bits per heavy atom. The van der Waals surface area contributed by atoms with E-state index in [1.165, 1.54) is 25.6 Å². The molecule has 0 saturated carbocycles. The van der Waals surface area contributed by atoms with Crippen LogP contribution in [-0.2, 0) is 13.1 Å². The zero-order chi connectivity index (χ0) is 21.0. The monoisotopic (exact) mass is 410 g/mol. The Morgan fingerprint density at radius 3 is 2.72 bits per heavy atom. The van der Waals surface area contributed by atoms with Crippen LogP contribution in [0.5, 0.6) is 5.75 Å². The van der Waals surface area contributed by atoms with Crippen LogP contribution in [0.3, 0.4) is 0 Å². The van der Waals surface area contributed by atoms with Gasteiger partial charge in [-0.15, -0.1) is 0 Å². The van der Waals surface area contributed by atoms with Gasteiger partial charge in [-0.1, -0.05) is 0 Å². The minimum atomic E-state index is -2.51. The van der Waals surface area contributed by atoms with Crippen molar-refractivity contribution in [1.82, 2.24) is 19.7 Å². The van der Waals surface area contributed by atoms with E-state index in [1.807, 2.05) is 0 Å². The molecule has 0 bridgehead atoms. The number of ether oxygens (including phenoxy) is 1. The van der Waals surface area contributed by atoms with Crippen LogP contribution in [0.4, 0.5) is 35.0 Å². The van der Waals surface area contributed by atoms with E-state index in [9.17, 15) is 17.6 Å². The van der Waals surface area contributed by atoms with Crippen LogP contribution in [0.25, 0.3) is 0 Å². The van der Waals surface area contributed by atoms with E-state index in [0.29, 0.717) is 17.1 Å². The summed E-state index contributed by atoms with van der Waals surface area (Å²) in [4.78, 5) is 8.44. The molecule has 3 aromatic rings. The fourth-order valence-electron chi connectivity index (χ4n) is 2.63. The minimum absolute atomic E-state index is 0.0570. The Morgan fingerprint density at radius 1 is 1.21 bits per heavy atom. The van der Waals surface area contributed by atoms with Gasteiger partial charge in [0.15, 0.2) is 11.6 Å². The summed E-state index contributed by atoms with van der Waals surface area (Å²) >= 11 is 0. The Kier molecular flexibility index (Phi) is 6.15. The molecule has 0 aliphatic rings. The van der Waals surface area contributed by atoms with Gasteiger partial charge in [0, 0.05) is 36.1 Å². The number of rotatable bonds is 8. The Bertz CT molecular complexity index is 994. The van der Waals surface area contributed by atoms with Gasteiger partial charge in [-0.25, -0.2) is 22.5 Å². The number of nitrogens with one attached hydrogen (secondary N) is 2. The zero-order valence-electron chi connectivity index (χ0n) is 15.6. The van der Waals surface area contributed by atoms with Gasteiger partial charge in [0.1, 0.15) is 18.2 Å². The summed E-state index contributed by atoms with van der Waals surface area (Å²) in [5, 5.41) is 9.68. The van der Waals surface area contributed by atoms with Crippen molar-refractivity contribution in [2.75, 3.05) is 17.7 Å². The quantitative estimate of drug-likeness (QED) is 0.549. The lowest BCUT2D eigenvalue weighted by molar-refractivity contribution is 0.122. The largest absolute Gasteiger partial charge is 0.493 e. The van der Waals surface area contributed by atoms with E-state index in [4.69, 9.17) is 4.74 Å². The molecular weight excluding hydrogens is 392 g/mol. The third kappa shape index (κ3) is 5.12. The second kappa shape index (κ2) is 8.76. The second-order valence-electron chi connectivity index (χ2n) is 6.13. The van der Waals surface area contributed by atoms with Gasteiger partial charge < -0.3 is 15.4 Å². The second-order valence-corrected chi connectivity index (χ2v) is 6.13. The van der Waals surface area contributed by atoms with Gasteiger partial charge in [0.05, 0.1) is 19.0 Å². The van der Waals surface area contributed by atoms with E-state index in [0.717, 1.165) is 10.7 Å². The summed E-state index contributed by atoms with van der Waals surface area (Å²) < 4.78 is 58.3. The number of aryl methyl sites for hydroxylation is 1. The van der Waals surface area contributed by atoms with Gasteiger partial charge in [-0.05, 0) is 13.0 Å². The molecule has 0 aliphatic heterocycles. The number of alkyl halides is 2. The molecule has 2 N–H and O–H groups in total. The SMILES string of the molecule is COc1c(F)cc(F)cc1CNc1nc(Nc2cnn(CC(F)F)c2)ncc1C. The molecule has 0 saturated heterocycles. The number of halogens is 4.